The lowest BCUT2D eigenvalue weighted by Crippen LogP contribution is -2.48. The van der Waals surface area contributed by atoms with Crippen molar-refractivity contribution >= 4 is 0 Å². The predicted molar refractivity (Wildman–Crippen MR) is 56.7 cm³/mol. The van der Waals surface area contributed by atoms with Crippen molar-refractivity contribution in [1.29, 1.82) is 0 Å². The number of hydrogen-bond acceptors (Lipinski definition) is 6. The summed E-state index contributed by atoms with van der Waals surface area (Å²) in [5, 5.41) is 37.7. The molecule has 0 aliphatic rings. The van der Waals surface area contributed by atoms with E-state index in [1.807, 2.05) is 0 Å². The van der Waals surface area contributed by atoms with E-state index in [4.69, 9.17) is 14.6 Å². The molecule has 0 heterocycles. The summed E-state index contributed by atoms with van der Waals surface area (Å²) in [6, 6.07) is 0. The van der Waals surface area contributed by atoms with Crippen molar-refractivity contribution in [2.75, 3.05) is 20.3 Å². The van der Waals surface area contributed by atoms with Crippen molar-refractivity contribution in [2.24, 2.45) is 5.92 Å². The van der Waals surface area contributed by atoms with Gasteiger partial charge in [0.25, 0.3) is 0 Å². The van der Waals surface area contributed by atoms with Gasteiger partial charge in [-0.3, -0.25) is 0 Å². The van der Waals surface area contributed by atoms with Gasteiger partial charge < -0.3 is 29.9 Å². The topological polar surface area (TPSA) is 99.4 Å². The normalized spacial score (nSPS) is 21.2. The fourth-order valence-electron chi connectivity index (χ4n) is 1.28. The number of hydrogen-bond donors (Lipinski definition) is 4. The summed E-state index contributed by atoms with van der Waals surface area (Å²) in [6.45, 7) is 3.31. The Morgan fingerprint density at radius 3 is 2.00 bits per heavy atom. The molecule has 0 aromatic carbocycles. The van der Waals surface area contributed by atoms with Gasteiger partial charge in [0.1, 0.15) is 12.2 Å². The summed E-state index contributed by atoms with van der Waals surface area (Å²) in [4.78, 5) is 0. The molecule has 5 atom stereocenters. The molecule has 0 aromatic heterocycles. The monoisotopic (exact) mass is 238 g/mol. The van der Waals surface area contributed by atoms with Crippen molar-refractivity contribution in [3.05, 3.63) is 0 Å². The Bertz CT molecular complexity index is 171. The first-order valence-electron chi connectivity index (χ1n) is 5.29. The molecule has 0 bridgehead atoms. The molecule has 0 aliphatic carbocycles. The van der Waals surface area contributed by atoms with E-state index < -0.39 is 30.5 Å². The first-order valence-corrected chi connectivity index (χ1v) is 5.29. The Labute approximate surface area is 95.4 Å². The first-order chi connectivity index (χ1) is 7.49. The molecule has 0 amide bonds. The van der Waals surface area contributed by atoms with Crippen LogP contribution in [0.5, 0.6) is 0 Å². The summed E-state index contributed by atoms with van der Waals surface area (Å²) in [5.74, 6) is -0.538. The molecular formula is C10H22O6. The van der Waals surface area contributed by atoms with Crippen LogP contribution in [0.4, 0.5) is 0 Å². The van der Waals surface area contributed by atoms with E-state index in [1.54, 1.807) is 13.8 Å². The second-order valence-corrected chi connectivity index (χ2v) is 3.69. The molecule has 0 aliphatic heterocycles. The maximum absolute atomic E-state index is 9.68. The van der Waals surface area contributed by atoms with E-state index in [2.05, 4.69) is 0 Å². The lowest BCUT2D eigenvalue weighted by molar-refractivity contribution is -0.217. The molecular weight excluding hydrogens is 216 g/mol. The summed E-state index contributed by atoms with van der Waals surface area (Å²) < 4.78 is 9.86. The molecule has 4 N–H and O–H groups in total. The van der Waals surface area contributed by atoms with E-state index in [9.17, 15) is 15.3 Å². The van der Waals surface area contributed by atoms with Crippen LogP contribution < -0.4 is 0 Å². The van der Waals surface area contributed by atoms with Gasteiger partial charge in [0, 0.05) is 26.2 Å². The molecule has 0 saturated carbocycles. The highest BCUT2D eigenvalue weighted by molar-refractivity contribution is 4.80. The van der Waals surface area contributed by atoms with Crippen LogP contribution in [0.15, 0.2) is 0 Å². The predicted octanol–water partition coefficient (Wildman–Crippen LogP) is -1.29. The summed E-state index contributed by atoms with van der Waals surface area (Å²) >= 11 is 0. The molecule has 0 rings (SSSR count). The molecule has 0 aromatic rings. The number of ether oxygens (including phenoxy) is 2. The Morgan fingerprint density at radius 2 is 1.62 bits per heavy atom. The minimum absolute atomic E-state index is 0.281. The van der Waals surface area contributed by atoms with E-state index in [-0.39, 0.29) is 6.61 Å². The molecule has 0 saturated heterocycles. The van der Waals surface area contributed by atoms with Gasteiger partial charge in [-0.2, -0.15) is 0 Å². The Kier molecular flexibility index (Phi) is 7.82. The Balaban J connectivity index is 4.38. The van der Waals surface area contributed by atoms with E-state index >= 15 is 0 Å². The van der Waals surface area contributed by atoms with Crippen molar-refractivity contribution in [1.82, 2.24) is 0 Å². The van der Waals surface area contributed by atoms with E-state index in [0.717, 1.165) is 0 Å². The number of methoxy groups -OCH3 is 1. The van der Waals surface area contributed by atoms with Crippen LogP contribution in [-0.2, 0) is 9.47 Å². The van der Waals surface area contributed by atoms with E-state index in [0.29, 0.717) is 6.61 Å². The minimum atomic E-state index is -1.43. The van der Waals surface area contributed by atoms with Crippen LogP contribution in [-0.4, -0.2) is 65.4 Å². The lowest BCUT2D eigenvalue weighted by Gasteiger charge is -2.30. The molecule has 0 spiro atoms. The van der Waals surface area contributed by atoms with Gasteiger partial charge in [-0.15, -0.1) is 0 Å². The van der Waals surface area contributed by atoms with Gasteiger partial charge in [0.15, 0.2) is 6.29 Å². The molecule has 6 nitrogen and oxygen atoms in total. The number of rotatable bonds is 8. The van der Waals surface area contributed by atoms with Crippen molar-refractivity contribution in [2.45, 2.75) is 38.4 Å². The van der Waals surface area contributed by atoms with Gasteiger partial charge >= 0.3 is 0 Å². The summed E-state index contributed by atoms with van der Waals surface area (Å²) in [6.07, 6.45) is -5.04. The van der Waals surface area contributed by atoms with Crippen LogP contribution in [0.2, 0.25) is 0 Å². The third-order valence-electron chi connectivity index (χ3n) is 2.41. The fraction of sp³-hybridized carbons (Fsp3) is 1.00. The van der Waals surface area contributed by atoms with Crippen molar-refractivity contribution in [3.8, 4) is 0 Å². The van der Waals surface area contributed by atoms with Crippen molar-refractivity contribution < 1.29 is 29.9 Å². The van der Waals surface area contributed by atoms with E-state index in [1.165, 1.54) is 7.11 Å². The second-order valence-electron chi connectivity index (χ2n) is 3.69. The van der Waals surface area contributed by atoms with Crippen molar-refractivity contribution in [3.63, 3.8) is 0 Å². The van der Waals surface area contributed by atoms with Crippen LogP contribution in [0.25, 0.3) is 0 Å². The van der Waals surface area contributed by atoms with Crippen LogP contribution in [0.3, 0.4) is 0 Å². The summed E-state index contributed by atoms with van der Waals surface area (Å²) in [5.41, 5.74) is 0. The first kappa shape index (κ1) is 15.8. The molecule has 0 radical (unpaired) electrons. The largest absolute Gasteiger partial charge is 0.396 e. The van der Waals surface area contributed by atoms with Gasteiger partial charge in [-0.1, -0.05) is 6.92 Å². The standard InChI is InChI=1S/C10H22O6/c1-4-16-10(15-3)9(14)8(13)7(12)6(2)5-11/h6-14H,4-5H2,1-3H3. The van der Waals surface area contributed by atoms with Gasteiger partial charge in [0.05, 0.1) is 6.10 Å². The minimum Gasteiger partial charge on any atom is -0.396 e. The van der Waals surface area contributed by atoms with Crippen LogP contribution in [0.1, 0.15) is 13.8 Å². The SMILES string of the molecule is CCOC(OC)C(O)C(O)C(O)C(C)CO. The summed E-state index contributed by atoms with van der Waals surface area (Å²) in [7, 11) is 1.33. The maximum Gasteiger partial charge on any atom is 0.185 e. The van der Waals surface area contributed by atoms with Crippen LogP contribution >= 0.6 is 0 Å². The molecule has 0 fully saturated rings. The van der Waals surface area contributed by atoms with Gasteiger partial charge in [-0.05, 0) is 6.92 Å². The third kappa shape index (κ3) is 4.32. The zero-order valence-electron chi connectivity index (χ0n) is 9.91. The number of aliphatic hydroxyl groups is 4. The Morgan fingerprint density at radius 1 is 1.06 bits per heavy atom. The average molecular weight is 238 g/mol. The van der Waals surface area contributed by atoms with Gasteiger partial charge in [-0.25, -0.2) is 0 Å². The highest BCUT2D eigenvalue weighted by Crippen LogP contribution is 2.14. The quantitative estimate of drug-likeness (QED) is 0.393. The Hall–Kier alpha value is -0.240. The zero-order valence-corrected chi connectivity index (χ0v) is 9.91. The highest BCUT2D eigenvalue weighted by Gasteiger charge is 2.34. The third-order valence-corrected chi connectivity index (χ3v) is 2.41. The smallest absolute Gasteiger partial charge is 0.185 e. The van der Waals surface area contributed by atoms with Gasteiger partial charge in [0.2, 0.25) is 0 Å². The molecule has 16 heavy (non-hydrogen) atoms. The lowest BCUT2D eigenvalue weighted by atomic mass is 9.97. The maximum atomic E-state index is 9.68. The second kappa shape index (κ2) is 7.94. The fourth-order valence-corrected chi connectivity index (χ4v) is 1.28. The zero-order chi connectivity index (χ0) is 12.7. The molecule has 5 unspecified atom stereocenters. The molecule has 98 valence electrons. The highest BCUT2D eigenvalue weighted by atomic mass is 16.7. The number of aliphatic hydroxyl groups excluding tert-OH is 4. The average Bonchev–Trinajstić information content (AvgIpc) is 2.32. The molecule has 6 heteroatoms. The van der Waals surface area contributed by atoms with Crippen LogP contribution in [0, 0.1) is 5.92 Å².